The molecular formula is C22H16FN5O2. The van der Waals surface area contributed by atoms with Gasteiger partial charge in [-0.2, -0.15) is 4.98 Å². The highest BCUT2D eigenvalue weighted by Gasteiger charge is 2.11. The number of hydrogen-bond donors (Lipinski definition) is 2. The first-order chi connectivity index (χ1) is 14.5. The van der Waals surface area contributed by atoms with Crippen molar-refractivity contribution in [2.75, 3.05) is 10.6 Å². The molecular weight excluding hydrogens is 385 g/mol. The number of carbonyl (C=O) groups excluding carboxylic acids is 1. The van der Waals surface area contributed by atoms with Gasteiger partial charge in [0.25, 0.3) is 5.56 Å². The maximum Gasteiger partial charge on any atom is 0.256 e. The predicted molar refractivity (Wildman–Crippen MR) is 114 cm³/mol. The van der Waals surface area contributed by atoms with Gasteiger partial charge >= 0.3 is 0 Å². The van der Waals surface area contributed by atoms with E-state index in [9.17, 15) is 14.0 Å². The molecule has 0 atom stereocenters. The molecule has 7 nitrogen and oxygen atoms in total. The largest absolute Gasteiger partial charge is 0.322 e. The molecule has 2 N–H and O–H groups in total. The van der Waals surface area contributed by atoms with Crippen molar-refractivity contribution >= 4 is 34.3 Å². The van der Waals surface area contributed by atoms with E-state index in [1.165, 1.54) is 16.7 Å². The van der Waals surface area contributed by atoms with Gasteiger partial charge in [-0.25, -0.2) is 9.37 Å². The minimum atomic E-state index is -0.447. The SMILES string of the molecule is C=CC(=O)Nc1cccc(-n2c(=O)ccc3cnc(Nc4ccccc4F)nc32)c1. The summed E-state index contributed by atoms with van der Waals surface area (Å²) in [5, 5.41) is 6.11. The topological polar surface area (TPSA) is 88.9 Å². The van der Waals surface area contributed by atoms with E-state index in [2.05, 4.69) is 27.2 Å². The molecule has 2 aromatic carbocycles. The van der Waals surface area contributed by atoms with Crippen molar-refractivity contribution in [1.82, 2.24) is 14.5 Å². The lowest BCUT2D eigenvalue weighted by Gasteiger charge is -2.12. The molecule has 2 heterocycles. The molecule has 2 aromatic heterocycles. The maximum atomic E-state index is 14.0. The molecule has 0 radical (unpaired) electrons. The van der Waals surface area contributed by atoms with Crippen LogP contribution in [-0.2, 0) is 4.79 Å². The molecule has 30 heavy (non-hydrogen) atoms. The van der Waals surface area contributed by atoms with E-state index < -0.39 is 5.82 Å². The van der Waals surface area contributed by atoms with E-state index in [1.807, 2.05) is 0 Å². The number of fused-ring (bicyclic) bond motifs is 1. The van der Waals surface area contributed by atoms with Crippen LogP contribution in [0.1, 0.15) is 0 Å². The Hall–Kier alpha value is -4.33. The lowest BCUT2D eigenvalue weighted by molar-refractivity contribution is -0.111. The number of hydrogen-bond acceptors (Lipinski definition) is 5. The standard InChI is InChI=1S/C22H16FN5O2/c1-2-19(29)25-15-6-5-7-16(12-15)28-20(30)11-10-14-13-24-22(27-21(14)28)26-18-9-4-3-8-17(18)23/h2-13H,1H2,(H,25,29)(H,24,26,27). The molecule has 0 unspecified atom stereocenters. The van der Waals surface area contributed by atoms with Crippen LogP contribution in [0.3, 0.4) is 0 Å². The summed E-state index contributed by atoms with van der Waals surface area (Å²) in [6.07, 6.45) is 2.70. The molecule has 0 spiro atoms. The third kappa shape index (κ3) is 3.79. The molecule has 1 amide bonds. The number of para-hydroxylation sites is 1. The highest BCUT2D eigenvalue weighted by Crippen LogP contribution is 2.21. The fourth-order valence-electron chi connectivity index (χ4n) is 2.93. The van der Waals surface area contributed by atoms with Crippen LogP contribution in [0, 0.1) is 5.82 Å². The zero-order chi connectivity index (χ0) is 21.1. The fourth-order valence-corrected chi connectivity index (χ4v) is 2.93. The summed E-state index contributed by atoms with van der Waals surface area (Å²) >= 11 is 0. The Balaban J connectivity index is 1.82. The van der Waals surface area contributed by atoms with Crippen LogP contribution in [0.2, 0.25) is 0 Å². The first-order valence-corrected chi connectivity index (χ1v) is 8.99. The number of pyridine rings is 1. The Labute approximate surface area is 170 Å². The lowest BCUT2D eigenvalue weighted by Crippen LogP contribution is -2.19. The smallest absolute Gasteiger partial charge is 0.256 e. The normalized spacial score (nSPS) is 10.6. The van der Waals surface area contributed by atoms with Gasteiger partial charge in [-0.05, 0) is 42.5 Å². The van der Waals surface area contributed by atoms with Crippen molar-refractivity contribution in [3.05, 3.63) is 95.7 Å². The van der Waals surface area contributed by atoms with Crippen LogP contribution in [0.4, 0.5) is 21.7 Å². The second-order valence-electron chi connectivity index (χ2n) is 6.33. The lowest BCUT2D eigenvalue weighted by atomic mass is 10.2. The second kappa shape index (κ2) is 7.96. The summed E-state index contributed by atoms with van der Waals surface area (Å²) < 4.78 is 15.4. The van der Waals surface area contributed by atoms with Gasteiger partial charge < -0.3 is 10.6 Å². The van der Waals surface area contributed by atoms with E-state index in [-0.39, 0.29) is 23.1 Å². The molecule has 4 aromatic rings. The monoisotopic (exact) mass is 401 g/mol. The molecule has 0 fully saturated rings. The Morgan fingerprint density at radius 1 is 1.10 bits per heavy atom. The molecule has 0 aliphatic rings. The van der Waals surface area contributed by atoms with Gasteiger partial charge in [-0.15, -0.1) is 0 Å². The summed E-state index contributed by atoms with van der Waals surface area (Å²) in [5.41, 5.74) is 1.24. The van der Waals surface area contributed by atoms with E-state index in [1.54, 1.807) is 54.7 Å². The molecule has 0 bridgehead atoms. The van der Waals surface area contributed by atoms with Crippen LogP contribution >= 0.6 is 0 Å². The first kappa shape index (κ1) is 19.0. The number of carbonyl (C=O) groups is 1. The minimum absolute atomic E-state index is 0.142. The average Bonchev–Trinajstić information content (AvgIpc) is 2.75. The summed E-state index contributed by atoms with van der Waals surface area (Å²) in [4.78, 5) is 32.9. The fraction of sp³-hybridized carbons (Fsp3) is 0. The summed E-state index contributed by atoms with van der Waals surface area (Å²) in [5.74, 6) is -0.670. The predicted octanol–water partition coefficient (Wildman–Crippen LogP) is 3.79. The summed E-state index contributed by atoms with van der Waals surface area (Å²) in [7, 11) is 0. The van der Waals surface area contributed by atoms with Gasteiger partial charge in [0.2, 0.25) is 11.9 Å². The molecule has 0 aliphatic carbocycles. The molecule has 0 aliphatic heterocycles. The molecule has 0 saturated heterocycles. The Morgan fingerprint density at radius 2 is 1.93 bits per heavy atom. The van der Waals surface area contributed by atoms with Crippen molar-refractivity contribution in [3.8, 4) is 5.69 Å². The highest BCUT2D eigenvalue weighted by atomic mass is 19.1. The number of amides is 1. The average molecular weight is 401 g/mol. The molecule has 148 valence electrons. The van der Waals surface area contributed by atoms with Crippen molar-refractivity contribution < 1.29 is 9.18 Å². The van der Waals surface area contributed by atoms with Crippen molar-refractivity contribution in [3.63, 3.8) is 0 Å². The zero-order valence-electron chi connectivity index (χ0n) is 15.7. The minimum Gasteiger partial charge on any atom is -0.322 e. The quantitative estimate of drug-likeness (QED) is 0.497. The van der Waals surface area contributed by atoms with Crippen molar-refractivity contribution in [2.45, 2.75) is 0 Å². The number of nitrogens with zero attached hydrogens (tertiary/aromatic N) is 3. The Bertz CT molecular complexity index is 1330. The third-order valence-electron chi connectivity index (χ3n) is 4.31. The first-order valence-electron chi connectivity index (χ1n) is 8.99. The van der Waals surface area contributed by atoms with Crippen LogP contribution < -0.4 is 16.2 Å². The molecule has 8 heteroatoms. The van der Waals surface area contributed by atoms with Crippen LogP contribution in [0.15, 0.2) is 84.3 Å². The van der Waals surface area contributed by atoms with E-state index in [0.29, 0.717) is 22.4 Å². The van der Waals surface area contributed by atoms with Gasteiger partial charge in [0.05, 0.1) is 11.4 Å². The van der Waals surface area contributed by atoms with Crippen LogP contribution in [0.25, 0.3) is 16.7 Å². The second-order valence-corrected chi connectivity index (χ2v) is 6.33. The Morgan fingerprint density at radius 3 is 2.73 bits per heavy atom. The number of aromatic nitrogens is 3. The number of rotatable bonds is 5. The summed E-state index contributed by atoms with van der Waals surface area (Å²) in [6, 6.07) is 15.9. The number of nitrogens with one attached hydrogen (secondary N) is 2. The van der Waals surface area contributed by atoms with Gasteiger partial charge in [-0.3, -0.25) is 14.2 Å². The van der Waals surface area contributed by atoms with Gasteiger partial charge in [-0.1, -0.05) is 24.8 Å². The maximum absolute atomic E-state index is 14.0. The van der Waals surface area contributed by atoms with E-state index in [4.69, 9.17) is 0 Å². The highest BCUT2D eigenvalue weighted by molar-refractivity contribution is 5.99. The van der Waals surface area contributed by atoms with E-state index in [0.717, 1.165) is 6.08 Å². The number of halogens is 1. The summed E-state index contributed by atoms with van der Waals surface area (Å²) in [6.45, 7) is 3.42. The van der Waals surface area contributed by atoms with Gasteiger partial charge in [0, 0.05) is 23.3 Å². The van der Waals surface area contributed by atoms with Crippen molar-refractivity contribution in [2.24, 2.45) is 0 Å². The van der Waals surface area contributed by atoms with Gasteiger partial charge in [0.1, 0.15) is 5.82 Å². The zero-order valence-corrected chi connectivity index (χ0v) is 15.7. The third-order valence-corrected chi connectivity index (χ3v) is 4.31. The van der Waals surface area contributed by atoms with Crippen LogP contribution in [0.5, 0.6) is 0 Å². The van der Waals surface area contributed by atoms with E-state index >= 15 is 0 Å². The Kier molecular flexibility index (Phi) is 5.04. The number of anilines is 3. The van der Waals surface area contributed by atoms with Crippen LogP contribution in [-0.4, -0.2) is 20.4 Å². The van der Waals surface area contributed by atoms with Gasteiger partial charge in [0.15, 0.2) is 5.65 Å². The molecule has 0 saturated carbocycles. The number of benzene rings is 2. The van der Waals surface area contributed by atoms with Crippen molar-refractivity contribution in [1.29, 1.82) is 0 Å². The molecule has 4 rings (SSSR count).